The Kier molecular flexibility index (Phi) is 4.17. The summed E-state index contributed by atoms with van der Waals surface area (Å²) in [5.74, 6) is 1.83. The summed E-state index contributed by atoms with van der Waals surface area (Å²) in [6.07, 6.45) is 8.93. The molecule has 1 aliphatic rings. The number of oxazole rings is 1. The number of aromatic nitrogens is 3. The molecule has 0 saturated heterocycles. The van der Waals surface area contributed by atoms with Crippen LogP contribution in [0.2, 0.25) is 0 Å². The first-order valence-electron chi connectivity index (χ1n) is 8.51. The zero-order valence-electron chi connectivity index (χ0n) is 13.9. The predicted octanol–water partition coefficient (Wildman–Crippen LogP) is 3.40. The molecular formula is C19H22N4O. The fourth-order valence-electron chi connectivity index (χ4n) is 3.41. The molecule has 0 aliphatic heterocycles. The first kappa shape index (κ1) is 15.1. The van der Waals surface area contributed by atoms with Gasteiger partial charge in [0, 0.05) is 38.8 Å². The van der Waals surface area contributed by atoms with Crippen LogP contribution in [0.3, 0.4) is 0 Å². The zero-order valence-corrected chi connectivity index (χ0v) is 13.9. The van der Waals surface area contributed by atoms with Crippen LogP contribution in [-0.4, -0.2) is 14.5 Å². The average molecular weight is 322 g/mol. The molecule has 1 N–H and O–H groups in total. The highest BCUT2D eigenvalue weighted by molar-refractivity contribution is 5.24. The molecule has 0 radical (unpaired) electrons. The van der Waals surface area contributed by atoms with Crippen molar-refractivity contribution in [3.8, 4) is 0 Å². The molecule has 0 saturated carbocycles. The summed E-state index contributed by atoms with van der Waals surface area (Å²) in [5.41, 5.74) is 3.68. The largest absolute Gasteiger partial charge is 0.446 e. The fraction of sp³-hybridized carbons (Fsp3) is 0.368. The maximum absolute atomic E-state index is 5.71. The smallest absolute Gasteiger partial charge is 0.191 e. The molecule has 0 bridgehead atoms. The Morgan fingerprint density at radius 3 is 3.12 bits per heavy atom. The third-order valence-corrected chi connectivity index (χ3v) is 4.53. The van der Waals surface area contributed by atoms with Crippen molar-refractivity contribution in [3.63, 3.8) is 0 Å². The molecule has 1 unspecified atom stereocenters. The third kappa shape index (κ3) is 3.26. The van der Waals surface area contributed by atoms with Gasteiger partial charge in [-0.2, -0.15) is 0 Å². The Balaban J connectivity index is 1.43. The van der Waals surface area contributed by atoms with Gasteiger partial charge in [-0.05, 0) is 24.0 Å². The van der Waals surface area contributed by atoms with E-state index in [4.69, 9.17) is 4.42 Å². The van der Waals surface area contributed by atoms with Crippen molar-refractivity contribution in [1.82, 2.24) is 19.9 Å². The van der Waals surface area contributed by atoms with Crippen molar-refractivity contribution in [2.45, 2.75) is 45.3 Å². The molecule has 5 nitrogen and oxygen atoms in total. The highest BCUT2D eigenvalue weighted by Gasteiger charge is 2.24. The van der Waals surface area contributed by atoms with E-state index in [1.165, 1.54) is 11.1 Å². The van der Waals surface area contributed by atoms with E-state index in [2.05, 4.69) is 44.1 Å². The van der Waals surface area contributed by atoms with Gasteiger partial charge in [-0.3, -0.25) is 0 Å². The number of nitrogens with zero attached hydrogens (tertiary/aromatic N) is 3. The molecule has 1 atom stereocenters. The highest BCUT2D eigenvalue weighted by atomic mass is 16.4. The second-order valence-electron chi connectivity index (χ2n) is 6.42. The average Bonchev–Trinajstić information content (AvgIpc) is 3.22. The van der Waals surface area contributed by atoms with Crippen LogP contribution in [0.1, 0.15) is 47.4 Å². The van der Waals surface area contributed by atoms with Crippen LogP contribution in [0.4, 0.5) is 0 Å². The summed E-state index contributed by atoms with van der Waals surface area (Å²) in [4.78, 5) is 8.67. The van der Waals surface area contributed by atoms with Gasteiger partial charge < -0.3 is 14.3 Å². The second kappa shape index (κ2) is 6.61. The number of nitrogens with one attached hydrogen (secondary N) is 1. The van der Waals surface area contributed by atoms with Crippen LogP contribution in [-0.2, 0) is 19.5 Å². The van der Waals surface area contributed by atoms with Gasteiger partial charge in [-0.25, -0.2) is 9.97 Å². The van der Waals surface area contributed by atoms with Crippen molar-refractivity contribution in [1.29, 1.82) is 0 Å². The molecule has 24 heavy (non-hydrogen) atoms. The van der Waals surface area contributed by atoms with Crippen LogP contribution in [0, 0.1) is 6.92 Å². The van der Waals surface area contributed by atoms with E-state index in [0.717, 1.165) is 49.7 Å². The van der Waals surface area contributed by atoms with E-state index in [-0.39, 0.29) is 0 Å². The number of fused-ring (bicyclic) bond motifs is 1. The molecule has 5 heteroatoms. The molecule has 0 amide bonds. The zero-order chi connectivity index (χ0) is 16.4. The topological polar surface area (TPSA) is 55.9 Å². The van der Waals surface area contributed by atoms with Crippen LogP contribution in [0.15, 0.2) is 47.4 Å². The summed E-state index contributed by atoms with van der Waals surface area (Å²) < 4.78 is 7.79. The van der Waals surface area contributed by atoms with E-state index in [0.29, 0.717) is 6.04 Å². The molecule has 3 aromatic rings. The summed E-state index contributed by atoms with van der Waals surface area (Å²) in [7, 11) is 0. The van der Waals surface area contributed by atoms with Gasteiger partial charge in [-0.15, -0.1) is 0 Å². The minimum atomic E-state index is 0.295. The SMILES string of the molecule is Cc1nc2c(o1)CCCC2NCc1cccc(Cn2ccnc2)c1. The number of hydrogen-bond donors (Lipinski definition) is 1. The number of hydrogen-bond acceptors (Lipinski definition) is 4. The first-order valence-corrected chi connectivity index (χ1v) is 8.51. The van der Waals surface area contributed by atoms with Crippen molar-refractivity contribution in [2.75, 3.05) is 0 Å². The Bertz CT molecular complexity index is 807. The first-order chi connectivity index (χ1) is 11.8. The maximum Gasteiger partial charge on any atom is 0.191 e. The molecule has 1 aromatic carbocycles. The van der Waals surface area contributed by atoms with Crippen LogP contribution < -0.4 is 5.32 Å². The molecule has 4 rings (SSSR count). The van der Waals surface area contributed by atoms with E-state index in [9.17, 15) is 0 Å². The highest BCUT2D eigenvalue weighted by Crippen LogP contribution is 2.29. The minimum absolute atomic E-state index is 0.295. The molecule has 1 aliphatic carbocycles. The van der Waals surface area contributed by atoms with Gasteiger partial charge in [0.1, 0.15) is 5.76 Å². The lowest BCUT2D eigenvalue weighted by atomic mass is 9.96. The monoisotopic (exact) mass is 322 g/mol. The minimum Gasteiger partial charge on any atom is -0.446 e. The lowest BCUT2D eigenvalue weighted by Crippen LogP contribution is -2.24. The molecule has 0 fully saturated rings. The van der Waals surface area contributed by atoms with Crippen molar-refractivity contribution < 1.29 is 4.42 Å². The Morgan fingerprint density at radius 1 is 1.33 bits per heavy atom. The Morgan fingerprint density at radius 2 is 2.25 bits per heavy atom. The Labute approximate surface area is 141 Å². The van der Waals surface area contributed by atoms with Gasteiger partial charge in [0.15, 0.2) is 5.89 Å². The second-order valence-corrected chi connectivity index (χ2v) is 6.42. The van der Waals surface area contributed by atoms with Crippen LogP contribution in [0.25, 0.3) is 0 Å². The summed E-state index contributed by atoms with van der Waals surface area (Å²) >= 11 is 0. The number of rotatable bonds is 5. The van der Waals surface area contributed by atoms with E-state index >= 15 is 0 Å². The van der Waals surface area contributed by atoms with Crippen LogP contribution >= 0.6 is 0 Å². The molecule has 2 aromatic heterocycles. The van der Waals surface area contributed by atoms with Gasteiger partial charge >= 0.3 is 0 Å². The van der Waals surface area contributed by atoms with Gasteiger partial charge in [0.25, 0.3) is 0 Å². The number of imidazole rings is 1. The number of benzene rings is 1. The maximum atomic E-state index is 5.71. The van der Waals surface area contributed by atoms with Crippen molar-refractivity contribution >= 4 is 0 Å². The van der Waals surface area contributed by atoms with Gasteiger partial charge in [0.2, 0.25) is 0 Å². The van der Waals surface area contributed by atoms with E-state index in [1.54, 1.807) is 0 Å². The van der Waals surface area contributed by atoms with E-state index in [1.807, 2.05) is 25.6 Å². The van der Waals surface area contributed by atoms with Gasteiger partial charge in [-0.1, -0.05) is 24.3 Å². The predicted molar refractivity (Wildman–Crippen MR) is 91.5 cm³/mol. The summed E-state index contributed by atoms with van der Waals surface area (Å²) in [6.45, 7) is 3.62. The molecule has 124 valence electrons. The molecular weight excluding hydrogens is 300 g/mol. The molecule has 0 spiro atoms. The summed E-state index contributed by atoms with van der Waals surface area (Å²) in [6, 6.07) is 9.00. The standard InChI is InChI=1S/C19H22N4O/c1-14-22-19-17(6-3-7-18(19)24-14)21-11-15-4-2-5-16(10-15)12-23-9-8-20-13-23/h2,4-5,8-10,13,17,21H,3,6-7,11-12H2,1H3. The lowest BCUT2D eigenvalue weighted by Gasteiger charge is -2.21. The van der Waals surface area contributed by atoms with Crippen molar-refractivity contribution in [3.05, 3.63) is 71.5 Å². The van der Waals surface area contributed by atoms with E-state index < -0.39 is 0 Å². The number of aryl methyl sites for hydroxylation is 2. The normalized spacial score (nSPS) is 17.0. The fourth-order valence-corrected chi connectivity index (χ4v) is 3.41. The van der Waals surface area contributed by atoms with Gasteiger partial charge in [0.05, 0.1) is 18.1 Å². The third-order valence-electron chi connectivity index (χ3n) is 4.53. The lowest BCUT2D eigenvalue weighted by molar-refractivity contribution is 0.403. The quantitative estimate of drug-likeness (QED) is 0.782. The van der Waals surface area contributed by atoms with Crippen molar-refractivity contribution in [2.24, 2.45) is 0 Å². The Hall–Kier alpha value is -2.40. The van der Waals surface area contributed by atoms with Crippen LogP contribution in [0.5, 0.6) is 0 Å². The summed E-state index contributed by atoms with van der Waals surface area (Å²) in [5, 5.41) is 3.65. The molecule has 2 heterocycles.